The molecule has 0 saturated heterocycles. The predicted octanol–water partition coefficient (Wildman–Crippen LogP) is 5.97. The Kier molecular flexibility index (Phi) is 4.98. The molecule has 0 N–H and O–H groups in total. The van der Waals surface area contributed by atoms with Crippen LogP contribution in [-0.4, -0.2) is 14.2 Å². The number of hydrogen-bond donors (Lipinski definition) is 0. The highest BCUT2D eigenvalue weighted by Gasteiger charge is 2.30. The molecule has 0 saturated carbocycles. The number of hydrogen-bond acceptors (Lipinski definition) is 2. The van der Waals surface area contributed by atoms with Gasteiger partial charge in [-0.1, -0.05) is 77.9 Å². The monoisotopic (exact) mass is 326 g/mol. The minimum atomic E-state index is -0.0339. The Morgan fingerprint density at radius 2 is 1.17 bits per heavy atom. The molecular formula is C22H30O2. The zero-order valence-corrected chi connectivity index (χ0v) is 16.3. The van der Waals surface area contributed by atoms with Gasteiger partial charge in [-0.15, -0.1) is 0 Å². The summed E-state index contributed by atoms with van der Waals surface area (Å²) in [5, 5.41) is 0. The number of benzene rings is 2. The number of rotatable bonds is 3. The molecule has 0 amide bonds. The summed E-state index contributed by atoms with van der Waals surface area (Å²) in [4.78, 5) is 0. The largest absolute Gasteiger partial charge is 0.493 e. The van der Waals surface area contributed by atoms with Crippen LogP contribution in [-0.2, 0) is 10.8 Å². The summed E-state index contributed by atoms with van der Waals surface area (Å²) in [6.07, 6.45) is 0. The van der Waals surface area contributed by atoms with Gasteiger partial charge in [0.2, 0.25) is 0 Å². The fraction of sp³-hybridized carbons (Fsp3) is 0.455. The first-order valence-electron chi connectivity index (χ1n) is 8.46. The molecule has 0 bridgehead atoms. The van der Waals surface area contributed by atoms with Crippen molar-refractivity contribution in [1.29, 1.82) is 0 Å². The molecule has 0 heterocycles. The van der Waals surface area contributed by atoms with Crippen molar-refractivity contribution in [3.05, 3.63) is 47.5 Å². The lowest BCUT2D eigenvalue weighted by atomic mass is 9.76. The molecule has 0 aliphatic rings. The molecule has 2 aromatic rings. The summed E-state index contributed by atoms with van der Waals surface area (Å²) in [6, 6.07) is 12.7. The highest BCUT2D eigenvalue weighted by Crippen LogP contribution is 2.49. The molecule has 0 aliphatic heterocycles. The average molecular weight is 326 g/mol. The van der Waals surface area contributed by atoms with Gasteiger partial charge in [-0.25, -0.2) is 0 Å². The van der Waals surface area contributed by atoms with Crippen LogP contribution in [0.3, 0.4) is 0 Å². The Morgan fingerprint density at radius 1 is 0.667 bits per heavy atom. The fourth-order valence-electron chi connectivity index (χ4n) is 3.08. The Balaban J connectivity index is 2.97. The summed E-state index contributed by atoms with van der Waals surface area (Å²) in [5.74, 6) is 1.65. The lowest BCUT2D eigenvalue weighted by molar-refractivity contribution is 0.345. The molecule has 2 nitrogen and oxygen atoms in total. The van der Waals surface area contributed by atoms with Crippen molar-refractivity contribution in [1.82, 2.24) is 0 Å². The minimum Gasteiger partial charge on any atom is -0.493 e. The molecule has 0 aromatic heterocycles. The van der Waals surface area contributed by atoms with E-state index in [-0.39, 0.29) is 10.8 Å². The SMILES string of the molecule is COc1c(C(C)(C)C)cc(C(C)(C)C)c(-c2ccccc2)c1OC. The van der Waals surface area contributed by atoms with Gasteiger partial charge in [-0.2, -0.15) is 0 Å². The van der Waals surface area contributed by atoms with Crippen molar-refractivity contribution in [3.8, 4) is 22.6 Å². The van der Waals surface area contributed by atoms with Gasteiger partial charge < -0.3 is 9.47 Å². The van der Waals surface area contributed by atoms with Crippen LogP contribution in [0, 0.1) is 0 Å². The van der Waals surface area contributed by atoms with E-state index in [9.17, 15) is 0 Å². The zero-order valence-electron chi connectivity index (χ0n) is 16.3. The Morgan fingerprint density at radius 3 is 1.58 bits per heavy atom. The second kappa shape index (κ2) is 6.51. The summed E-state index contributed by atoms with van der Waals surface area (Å²) >= 11 is 0. The second-order valence-electron chi connectivity index (χ2n) is 8.28. The van der Waals surface area contributed by atoms with Crippen LogP contribution in [0.25, 0.3) is 11.1 Å². The van der Waals surface area contributed by atoms with Crippen LogP contribution in [0.4, 0.5) is 0 Å². The third-order valence-electron chi connectivity index (χ3n) is 4.32. The molecule has 0 aliphatic carbocycles. The average Bonchev–Trinajstić information content (AvgIpc) is 2.51. The minimum absolute atomic E-state index is 0.00920. The molecule has 130 valence electrons. The second-order valence-corrected chi connectivity index (χ2v) is 8.28. The van der Waals surface area contributed by atoms with Crippen LogP contribution in [0.5, 0.6) is 11.5 Å². The highest BCUT2D eigenvalue weighted by molar-refractivity contribution is 5.80. The van der Waals surface area contributed by atoms with Gasteiger partial charge >= 0.3 is 0 Å². The maximum absolute atomic E-state index is 5.87. The van der Waals surface area contributed by atoms with Gasteiger partial charge in [0.1, 0.15) is 0 Å². The Labute approximate surface area is 146 Å². The van der Waals surface area contributed by atoms with E-state index >= 15 is 0 Å². The summed E-state index contributed by atoms with van der Waals surface area (Å²) < 4.78 is 11.7. The molecule has 0 atom stereocenters. The number of methoxy groups -OCH3 is 2. The first-order chi connectivity index (χ1) is 11.1. The third kappa shape index (κ3) is 3.43. The topological polar surface area (TPSA) is 18.5 Å². The highest BCUT2D eigenvalue weighted by atomic mass is 16.5. The van der Waals surface area contributed by atoms with E-state index in [0.29, 0.717) is 0 Å². The first kappa shape index (κ1) is 18.4. The first-order valence-corrected chi connectivity index (χ1v) is 8.46. The van der Waals surface area contributed by atoms with Crippen molar-refractivity contribution in [2.75, 3.05) is 14.2 Å². The summed E-state index contributed by atoms with van der Waals surface area (Å²) in [6.45, 7) is 13.4. The van der Waals surface area contributed by atoms with Gasteiger partial charge in [0.15, 0.2) is 11.5 Å². The number of ether oxygens (including phenoxy) is 2. The standard InChI is InChI=1S/C22H30O2/c1-21(2,3)16-14-17(22(4,5)6)19(23-7)20(24-8)18(16)15-12-10-9-11-13-15/h9-14H,1-8H3. The van der Waals surface area contributed by atoms with Crippen molar-refractivity contribution >= 4 is 0 Å². The van der Waals surface area contributed by atoms with Crippen molar-refractivity contribution in [2.45, 2.75) is 52.4 Å². The molecule has 2 aromatic carbocycles. The summed E-state index contributed by atoms with van der Waals surface area (Å²) in [5.41, 5.74) is 4.68. The van der Waals surface area contributed by atoms with E-state index in [4.69, 9.17) is 9.47 Å². The summed E-state index contributed by atoms with van der Waals surface area (Å²) in [7, 11) is 3.45. The maximum Gasteiger partial charge on any atom is 0.169 e. The van der Waals surface area contributed by atoms with E-state index in [0.717, 1.165) is 22.6 Å². The fourth-order valence-corrected chi connectivity index (χ4v) is 3.08. The van der Waals surface area contributed by atoms with Crippen molar-refractivity contribution < 1.29 is 9.47 Å². The third-order valence-corrected chi connectivity index (χ3v) is 4.32. The Bertz CT molecular complexity index is 701. The van der Waals surface area contributed by atoms with Crippen LogP contribution in [0.1, 0.15) is 52.7 Å². The van der Waals surface area contributed by atoms with Crippen LogP contribution in [0.2, 0.25) is 0 Å². The molecule has 0 unspecified atom stereocenters. The van der Waals surface area contributed by atoms with Crippen LogP contribution in [0.15, 0.2) is 36.4 Å². The van der Waals surface area contributed by atoms with Gasteiger partial charge in [-0.3, -0.25) is 0 Å². The molecule has 0 radical (unpaired) electrons. The van der Waals surface area contributed by atoms with E-state index < -0.39 is 0 Å². The van der Waals surface area contributed by atoms with Crippen molar-refractivity contribution in [2.24, 2.45) is 0 Å². The van der Waals surface area contributed by atoms with E-state index in [1.165, 1.54) is 11.1 Å². The van der Waals surface area contributed by atoms with Gasteiger partial charge in [0.25, 0.3) is 0 Å². The van der Waals surface area contributed by atoms with Gasteiger partial charge in [0, 0.05) is 11.1 Å². The lowest BCUT2D eigenvalue weighted by Crippen LogP contribution is -2.19. The van der Waals surface area contributed by atoms with Crippen LogP contribution < -0.4 is 9.47 Å². The molecular weight excluding hydrogens is 296 g/mol. The zero-order chi connectivity index (χ0) is 18.1. The van der Waals surface area contributed by atoms with Gasteiger partial charge in [-0.05, 0) is 22.0 Å². The smallest absolute Gasteiger partial charge is 0.169 e. The van der Waals surface area contributed by atoms with E-state index in [1.807, 2.05) is 6.07 Å². The molecule has 24 heavy (non-hydrogen) atoms. The quantitative estimate of drug-likeness (QED) is 0.692. The van der Waals surface area contributed by atoms with E-state index in [1.54, 1.807) is 14.2 Å². The van der Waals surface area contributed by atoms with Crippen molar-refractivity contribution in [3.63, 3.8) is 0 Å². The van der Waals surface area contributed by atoms with Crippen LogP contribution >= 0.6 is 0 Å². The Hall–Kier alpha value is -1.96. The lowest BCUT2D eigenvalue weighted by Gasteiger charge is -2.31. The van der Waals surface area contributed by atoms with Gasteiger partial charge in [0.05, 0.1) is 14.2 Å². The van der Waals surface area contributed by atoms with E-state index in [2.05, 4.69) is 71.9 Å². The normalized spacial score (nSPS) is 12.2. The molecule has 0 spiro atoms. The molecule has 2 rings (SSSR count). The molecule has 2 heteroatoms. The predicted molar refractivity (Wildman–Crippen MR) is 102 cm³/mol. The maximum atomic E-state index is 5.87. The molecule has 0 fully saturated rings.